The standard InChI is InChI=1S/C13H18N2O5/c1-19-11-4-2-3-10(12(11)15(17)18)14-13(9-16)5-7-20-8-6-13/h2-4,14,16H,5-9H2,1H3. The summed E-state index contributed by atoms with van der Waals surface area (Å²) >= 11 is 0. The van der Waals surface area contributed by atoms with Crippen LogP contribution in [0.3, 0.4) is 0 Å². The number of nitrogens with one attached hydrogen (secondary N) is 1. The number of hydrogen-bond donors (Lipinski definition) is 2. The number of hydrogen-bond acceptors (Lipinski definition) is 6. The molecule has 1 aromatic carbocycles. The molecule has 1 aliphatic heterocycles. The summed E-state index contributed by atoms with van der Waals surface area (Å²) in [4.78, 5) is 10.8. The molecule has 0 aromatic heterocycles. The van der Waals surface area contributed by atoms with Crippen molar-refractivity contribution in [1.82, 2.24) is 0 Å². The van der Waals surface area contributed by atoms with Crippen molar-refractivity contribution in [2.75, 3.05) is 32.2 Å². The maximum Gasteiger partial charge on any atom is 0.333 e. The van der Waals surface area contributed by atoms with Gasteiger partial charge in [0.1, 0.15) is 5.69 Å². The largest absolute Gasteiger partial charge is 0.490 e. The van der Waals surface area contributed by atoms with Crippen molar-refractivity contribution in [3.8, 4) is 5.75 Å². The third-order valence-corrected chi connectivity index (χ3v) is 3.55. The molecule has 0 bridgehead atoms. The maximum absolute atomic E-state index is 11.2. The molecule has 7 nitrogen and oxygen atoms in total. The predicted octanol–water partition coefficient (Wildman–Crippen LogP) is 1.56. The van der Waals surface area contributed by atoms with Crippen LogP contribution < -0.4 is 10.1 Å². The molecule has 20 heavy (non-hydrogen) atoms. The molecule has 1 heterocycles. The lowest BCUT2D eigenvalue weighted by Gasteiger charge is -2.37. The fourth-order valence-corrected chi connectivity index (χ4v) is 2.35. The zero-order valence-electron chi connectivity index (χ0n) is 11.3. The number of methoxy groups -OCH3 is 1. The van der Waals surface area contributed by atoms with E-state index in [1.54, 1.807) is 18.2 Å². The Hall–Kier alpha value is -1.86. The first-order valence-electron chi connectivity index (χ1n) is 6.40. The lowest BCUT2D eigenvalue weighted by Crippen LogP contribution is -2.47. The summed E-state index contributed by atoms with van der Waals surface area (Å²) < 4.78 is 10.3. The van der Waals surface area contributed by atoms with Crippen molar-refractivity contribution in [3.63, 3.8) is 0 Å². The van der Waals surface area contributed by atoms with E-state index < -0.39 is 10.5 Å². The zero-order valence-corrected chi connectivity index (χ0v) is 11.3. The molecule has 0 saturated carbocycles. The molecule has 1 aliphatic rings. The molecular weight excluding hydrogens is 264 g/mol. The number of nitrogens with zero attached hydrogens (tertiary/aromatic N) is 1. The number of nitro benzene ring substituents is 1. The van der Waals surface area contributed by atoms with Gasteiger partial charge in [0.05, 0.1) is 24.2 Å². The Balaban J connectivity index is 2.34. The Morgan fingerprint density at radius 3 is 2.75 bits per heavy atom. The smallest absolute Gasteiger partial charge is 0.333 e. The van der Waals surface area contributed by atoms with E-state index in [0.29, 0.717) is 31.7 Å². The van der Waals surface area contributed by atoms with Gasteiger partial charge in [-0.15, -0.1) is 0 Å². The highest BCUT2D eigenvalue weighted by molar-refractivity contribution is 5.69. The number of ether oxygens (including phenoxy) is 2. The quantitative estimate of drug-likeness (QED) is 0.628. The normalized spacial score (nSPS) is 17.5. The number of rotatable bonds is 5. The SMILES string of the molecule is COc1cccc(NC2(CO)CCOCC2)c1[N+](=O)[O-]. The molecule has 0 unspecified atom stereocenters. The Morgan fingerprint density at radius 2 is 2.20 bits per heavy atom. The topological polar surface area (TPSA) is 93.9 Å². The molecule has 110 valence electrons. The third-order valence-electron chi connectivity index (χ3n) is 3.55. The van der Waals surface area contributed by atoms with E-state index in [4.69, 9.17) is 9.47 Å². The molecule has 0 amide bonds. The summed E-state index contributed by atoms with van der Waals surface area (Å²) in [6, 6.07) is 4.84. The number of nitro groups is 1. The summed E-state index contributed by atoms with van der Waals surface area (Å²) in [7, 11) is 1.39. The number of benzene rings is 1. The van der Waals surface area contributed by atoms with Gasteiger partial charge in [-0.25, -0.2) is 0 Å². The van der Waals surface area contributed by atoms with Gasteiger partial charge in [0.25, 0.3) is 0 Å². The van der Waals surface area contributed by atoms with E-state index in [-0.39, 0.29) is 18.0 Å². The van der Waals surface area contributed by atoms with Crippen LogP contribution in [0.15, 0.2) is 18.2 Å². The fraction of sp³-hybridized carbons (Fsp3) is 0.538. The van der Waals surface area contributed by atoms with E-state index >= 15 is 0 Å². The van der Waals surface area contributed by atoms with Crippen molar-refractivity contribution in [2.45, 2.75) is 18.4 Å². The maximum atomic E-state index is 11.2. The Bertz CT molecular complexity index is 486. The van der Waals surface area contributed by atoms with Crippen molar-refractivity contribution >= 4 is 11.4 Å². The number of aliphatic hydroxyl groups excluding tert-OH is 1. The van der Waals surface area contributed by atoms with Crippen LogP contribution in [-0.4, -0.2) is 42.5 Å². The van der Waals surface area contributed by atoms with Crippen LogP contribution >= 0.6 is 0 Å². The molecule has 7 heteroatoms. The Kier molecular flexibility index (Phi) is 4.41. The molecule has 0 atom stereocenters. The van der Waals surface area contributed by atoms with E-state index in [1.165, 1.54) is 7.11 Å². The highest BCUT2D eigenvalue weighted by Gasteiger charge is 2.34. The highest BCUT2D eigenvalue weighted by atomic mass is 16.6. The molecule has 0 radical (unpaired) electrons. The van der Waals surface area contributed by atoms with Crippen LogP contribution in [-0.2, 0) is 4.74 Å². The summed E-state index contributed by atoms with van der Waals surface area (Å²) in [5, 5.41) is 24.0. The zero-order chi connectivity index (χ0) is 14.6. The summed E-state index contributed by atoms with van der Waals surface area (Å²) in [6.45, 7) is 0.932. The number of anilines is 1. The first kappa shape index (κ1) is 14.5. The van der Waals surface area contributed by atoms with Crippen molar-refractivity contribution in [3.05, 3.63) is 28.3 Å². The Labute approximate surface area is 116 Å². The summed E-state index contributed by atoms with van der Waals surface area (Å²) in [5.41, 5.74) is -0.352. The summed E-state index contributed by atoms with van der Waals surface area (Å²) in [5.74, 6) is 0.195. The van der Waals surface area contributed by atoms with Crippen LogP contribution in [0.25, 0.3) is 0 Å². The average molecular weight is 282 g/mol. The van der Waals surface area contributed by atoms with E-state index in [0.717, 1.165) is 0 Å². The highest BCUT2D eigenvalue weighted by Crippen LogP contribution is 2.37. The van der Waals surface area contributed by atoms with Gasteiger partial charge in [0, 0.05) is 13.2 Å². The van der Waals surface area contributed by atoms with Crippen LogP contribution in [0.2, 0.25) is 0 Å². The molecule has 1 fully saturated rings. The molecule has 1 saturated heterocycles. The predicted molar refractivity (Wildman–Crippen MR) is 73.1 cm³/mol. The molecule has 0 spiro atoms. The van der Waals surface area contributed by atoms with Gasteiger partial charge in [-0.05, 0) is 25.0 Å². The summed E-state index contributed by atoms with van der Waals surface area (Å²) in [6.07, 6.45) is 1.19. The first-order valence-corrected chi connectivity index (χ1v) is 6.40. The van der Waals surface area contributed by atoms with Crippen molar-refractivity contribution in [1.29, 1.82) is 0 Å². The van der Waals surface area contributed by atoms with E-state index in [2.05, 4.69) is 5.32 Å². The van der Waals surface area contributed by atoms with E-state index in [9.17, 15) is 15.2 Å². The number of aliphatic hydroxyl groups is 1. The van der Waals surface area contributed by atoms with Crippen molar-refractivity contribution < 1.29 is 19.5 Å². The lowest BCUT2D eigenvalue weighted by molar-refractivity contribution is -0.384. The van der Waals surface area contributed by atoms with Gasteiger partial charge in [-0.3, -0.25) is 10.1 Å². The minimum atomic E-state index is -0.588. The van der Waals surface area contributed by atoms with Crippen LogP contribution in [0, 0.1) is 10.1 Å². The minimum Gasteiger partial charge on any atom is -0.490 e. The van der Waals surface area contributed by atoms with Gasteiger partial charge < -0.3 is 19.9 Å². The monoisotopic (exact) mass is 282 g/mol. The molecule has 2 rings (SSSR count). The van der Waals surface area contributed by atoms with Crippen LogP contribution in [0.5, 0.6) is 5.75 Å². The average Bonchev–Trinajstić information content (AvgIpc) is 2.47. The van der Waals surface area contributed by atoms with Gasteiger partial charge >= 0.3 is 5.69 Å². The second-order valence-corrected chi connectivity index (χ2v) is 4.79. The van der Waals surface area contributed by atoms with Crippen molar-refractivity contribution in [2.24, 2.45) is 0 Å². The molecule has 2 N–H and O–H groups in total. The second-order valence-electron chi connectivity index (χ2n) is 4.79. The molecular formula is C13H18N2O5. The van der Waals surface area contributed by atoms with Gasteiger partial charge in [0.2, 0.25) is 0 Å². The van der Waals surface area contributed by atoms with Crippen LogP contribution in [0.1, 0.15) is 12.8 Å². The van der Waals surface area contributed by atoms with E-state index in [1.807, 2.05) is 0 Å². The van der Waals surface area contributed by atoms with Gasteiger partial charge in [0.15, 0.2) is 5.75 Å². The number of para-hydroxylation sites is 1. The third kappa shape index (κ3) is 2.83. The van der Waals surface area contributed by atoms with Crippen LogP contribution in [0.4, 0.5) is 11.4 Å². The minimum absolute atomic E-state index is 0.106. The second kappa shape index (κ2) is 6.06. The lowest BCUT2D eigenvalue weighted by atomic mass is 9.90. The molecule has 0 aliphatic carbocycles. The van der Waals surface area contributed by atoms with Gasteiger partial charge in [-0.1, -0.05) is 6.07 Å². The molecule has 1 aromatic rings. The fourth-order valence-electron chi connectivity index (χ4n) is 2.35. The van der Waals surface area contributed by atoms with Gasteiger partial charge in [-0.2, -0.15) is 0 Å². The Morgan fingerprint density at radius 1 is 1.50 bits per heavy atom. The first-order chi connectivity index (χ1) is 9.62.